The van der Waals surface area contributed by atoms with Gasteiger partial charge in [-0.25, -0.2) is 9.78 Å². The van der Waals surface area contributed by atoms with Crippen LogP contribution in [0.3, 0.4) is 0 Å². The van der Waals surface area contributed by atoms with Gasteiger partial charge in [0.2, 0.25) is 0 Å². The van der Waals surface area contributed by atoms with Crippen molar-refractivity contribution < 1.29 is 9.53 Å². The molecule has 0 aliphatic carbocycles. The van der Waals surface area contributed by atoms with Crippen molar-refractivity contribution in [3.63, 3.8) is 0 Å². The summed E-state index contributed by atoms with van der Waals surface area (Å²) in [6.07, 6.45) is 2.71. The van der Waals surface area contributed by atoms with Crippen LogP contribution >= 0.6 is 0 Å². The van der Waals surface area contributed by atoms with E-state index in [1.807, 2.05) is 31.7 Å². The summed E-state index contributed by atoms with van der Waals surface area (Å²) in [5.41, 5.74) is 12.2. The molecule has 2 rings (SSSR count). The number of nitrogen functional groups attached to an aromatic ring is 2. The zero-order chi connectivity index (χ0) is 17.9. The number of pyridine rings is 1. The standard InChI is InChI=1S/C16H24N6O2/c1-16(2,3)24-15(23)21-11-5-4-6-22(9-11)14-13(19)12(18)10(7-17)8-20-14/h8,11H,4-6,9,19H2,1-3H3,(H2,18,20)(H,21,23)/t11-/m1/s1. The minimum atomic E-state index is -0.536. The Morgan fingerprint density at radius 1 is 1.46 bits per heavy atom. The van der Waals surface area contributed by atoms with E-state index < -0.39 is 11.7 Å². The van der Waals surface area contributed by atoms with Gasteiger partial charge in [0.1, 0.15) is 11.7 Å². The maximum Gasteiger partial charge on any atom is 0.407 e. The third kappa shape index (κ3) is 4.19. The quantitative estimate of drug-likeness (QED) is 0.750. The SMILES string of the molecule is CC(C)(C)OC(=O)N[C@@H]1CCCN(c2ncc(C#N)c(N)c2N)C1. The summed E-state index contributed by atoms with van der Waals surface area (Å²) in [6, 6.07) is 1.90. The summed E-state index contributed by atoms with van der Waals surface area (Å²) in [7, 11) is 0. The van der Waals surface area contributed by atoms with Crippen molar-refractivity contribution in [3.05, 3.63) is 11.8 Å². The topological polar surface area (TPSA) is 130 Å². The zero-order valence-corrected chi connectivity index (χ0v) is 14.3. The van der Waals surface area contributed by atoms with E-state index in [4.69, 9.17) is 21.5 Å². The number of nitrogens with one attached hydrogen (secondary N) is 1. The molecular weight excluding hydrogens is 308 g/mol. The van der Waals surface area contributed by atoms with Crippen LogP contribution in [-0.4, -0.2) is 35.8 Å². The van der Waals surface area contributed by atoms with Gasteiger partial charge in [0, 0.05) is 25.3 Å². The second-order valence-corrected chi connectivity index (χ2v) is 6.87. The predicted octanol–water partition coefficient (Wildman–Crippen LogP) is 1.61. The van der Waals surface area contributed by atoms with Gasteiger partial charge in [-0.2, -0.15) is 5.26 Å². The first-order valence-electron chi connectivity index (χ1n) is 7.90. The van der Waals surface area contributed by atoms with Crippen LogP contribution < -0.4 is 21.7 Å². The number of nitrogens with two attached hydrogens (primary N) is 2. The van der Waals surface area contributed by atoms with Crippen molar-refractivity contribution in [1.29, 1.82) is 5.26 Å². The van der Waals surface area contributed by atoms with Crippen LogP contribution in [0.5, 0.6) is 0 Å². The number of nitriles is 1. The Bertz CT molecular complexity index is 662. The molecule has 0 saturated carbocycles. The number of hydrogen-bond donors (Lipinski definition) is 3. The number of ether oxygens (including phenoxy) is 1. The van der Waals surface area contributed by atoms with Gasteiger partial charge in [-0.1, -0.05) is 0 Å². The van der Waals surface area contributed by atoms with Gasteiger partial charge in [-0.15, -0.1) is 0 Å². The number of aromatic nitrogens is 1. The van der Waals surface area contributed by atoms with Gasteiger partial charge in [-0.05, 0) is 33.6 Å². The van der Waals surface area contributed by atoms with E-state index in [-0.39, 0.29) is 17.3 Å². The molecule has 0 radical (unpaired) electrons. The molecule has 1 atom stereocenters. The number of carbonyl (C=O) groups is 1. The Morgan fingerprint density at radius 3 is 2.79 bits per heavy atom. The van der Waals surface area contributed by atoms with E-state index in [1.165, 1.54) is 6.20 Å². The molecule has 130 valence electrons. The Balaban J connectivity index is 2.07. The lowest BCUT2D eigenvalue weighted by atomic mass is 10.1. The molecule has 1 fully saturated rings. The largest absolute Gasteiger partial charge is 0.444 e. The minimum Gasteiger partial charge on any atom is -0.444 e. The Hall–Kier alpha value is -2.69. The Labute approximate surface area is 141 Å². The van der Waals surface area contributed by atoms with E-state index in [0.29, 0.717) is 18.1 Å². The number of amides is 1. The van der Waals surface area contributed by atoms with E-state index in [2.05, 4.69) is 10.3 Å². The highest BCUT2D eigenvalue weighted by molar-refractivity contribution is 5.80. The molecule has 1 saturated heterocycles. The van der Waals surface area contributed by atoms with Gasteiger partial charge in [0.15, 0.2) is 5.82 Å². The van der Waals surface area contributed by atoms with Crippen molar-refractivity contribution in [2.45, 2.75) is 45.3 Å². The van der Waals surface area contributed by atoms with Gasteiger partial charge in [0.05, 0.1) is 16.9 Å². The highest BCUT2D eigenvalue weighted by atomic mass is 16.6. The van der Waals surface area contributed by atoms with Gasteiger partial charge < -0.3 is 26.4 Å². The molecule has 0 bridgehead atoms. The number of alkyl carbamates (subject to hydrolysis) is 1. The fraction of sp³-hybridized carbons (Fsp3) is 0.562. The van der Waals surface area contributed by atoms with Gasteiger partial charge in [-0.3, -0.25) is 0 Å². The molecule has 0 aromatic carbocycles. The Kier molecular flexibility index (Phi) is 5.02. The third-order valence-corrected chi connectivity index (χ3v) is 3.70. The van der Waals surface area contributed by atoms with Crippen LogP contribution in [0, 0.1) is 11.3 Å². The molecule has 0 unspecified atom stereocenters. The molecule has 1 aliphatic heterocycles. The fourth-order valence-electron chi connectivity index (χ4n) is 2.63. The number of carbonyl (C=O) groups excluding carboxylic acids is 1. The average Bonchev–Trinajstić information content (AvgIpc) is 2.48. The third-order valence-electron chi connectivity index (χ3n) is 3.70. The molecule has 0 spiro atoms. The van der Waals surface area contributed by atoms with Crippen molar-refractivity contribution in [1.82, 2.24) is 10.3 Å². The lowest BCUT2D eigenvalue weighted by molar-refractivity contribution is 0.0500. The van der Waals surface area contributed by atoms with E-state index in [1.54, 1.807) is 0 Å². The van der Waals surface area contributed by atoms with Crippen LogP contribution in [0.1, 0.15) is 39.2 Å². The summed E-state index contributed by atoms with van der Waals surface area (Å²) in [6.45, 7) is 6.79. The summed E-state index contributed by atoms with van der Waals surface area (Å²) in [4.78, 5) is 18.2. The Morgan fingerprint density at radius 2 is 2.17 bits per heavy atom. The van der Waals surface area contributed by atoms with Crippen LogP contribution in [0.15, 0.2) is 6.20 Å². The summed E-state index contributed by atoms with van der Waals surface area (Å²) in [5.74, 6) is 0.544. The molecule has 5 N–H and O–H groups in total. The number of nitrogens with zero attached hydrogens (tertiary/aromatic N) is 3. The second-order valence-electron chi connectivity index (χ2n) is 6.87. The molecule has 2 heterocycles. The predicted molar refractivity (Wildman–Crippen MR) is 92.4 cm³/mol. The van der Waals surface area contributed by atoms with Crippen molar-refractivity contribution in [2.24, 2.45) is 0 Å². The first-order chi connectivity index (χ1) is 11.2. The molecule has 1 aromatic rings. The molecule has 8 nitrogen and oxygen atoms in total. The normalized spacial score (nSPS) is 17.9. The van der Waals surface area contributed by atoms with Gasteiger partial charge >= 0.3 is 6.09 Å². The summed E-state index contributed by atoms with van der Waals surface area (Å²) < 4.78 is 5.29. The molecule has 8 heteroatoms. The number of rotatable bonds is 2. The lowest BCUT2D eigenvalue weighted by Crippen LogP contribution is -2.49. The average molecular weight is 332 g/mol. The molecule has 1 aromatic heterocycles. The highest BCUT2D eigenvalue weighted by Crippen LogP contribution is 2.30. The zero-order valence-electron chi connectivity index (χ0n) is 14.3. The molecule has 1 aliphatic rings. The fourth-order valence-corrected chi connectivity index (χ4v) is 2.63. The van der Waals surface area contributed by atoms with Crippen LogP contribution in [-0.2, 0) is 4.74 Å². The maximum atomic E-state index is 11.9. The smallest absolute Gasteiger partial charge is 0.407 e. The maximum absolute atomic E-state index is 11.9. The monoisotopic (exact) mass is 332 g/mol. The second kappa shape index (κ2) is 6.83. The van der Waals surface area contributed by atoms with Crippen LogP contribution in [0.2, 0.25) is 0 Å². The molecular formula is C16H24N6O2. The van der Waals surface area contributed by atoms with Crippen molar-refractivity contribution in [3.8, 4) is 6.07 Å². The number of piperidine rings is 1. The van der Waals surface area contributed by atoms with Crippen molar-refractivity contribution in [2.75, 3.05) is 29.5 Å². The van der Waals surface area contributed by atoms with Crippen molar-refractivity contribution >= 4 is 23.3 Å². The van der Waals surface area contributed by atoms with E-state index in [9.17, 15) is 4.79 Å². The number of hydrogen-bond acceptors (Lipinski definition) is 7. The van der Waals surface area contributed by atoms with E-state index in [0.717, 1.165) is 19.4 Å². The molecule has 1 amide bonds. The van der Waals surface area contributed by atoms with E-state index >= 15 is 0 Å². The minimum absolute atomic E-state index is 0.0633. The van der Waals surface area contributed by atoms with Gasteiger partial charge in [0.25, 0.3) is 0 Å². The summed E-state index contributed by atoms with van der Waals surface area (Å²) >= 11 is 0. The first kappa shape index (κ1) is 17.7. The summed E-state index contributed by atoms with van der Waals surface area (Å²) in [5, 5.41) is 11.9. The first-order valence-corrected chi connectivity index (χ1v) is 7.90. The number of anilines is 3. The molecule has 24 heavy (non-hydrogen) atoms. The lowest BCUT2D eigenvalue weighted by Gasteiger charge is -2.35. The van der Waals surface area contributed by atoms with Crippen LogP contribution in [0.4, 0.5) is 22.0 Å². The van der Waals surface area contributed by atoms with Crippen LogP contribution in [0.25, 0.3) is 0 Å². The highest BCUT2D eigenvalue weighted by Gasteiger charge is 2.26.